The summed E-state index contributed by atoms with van der Waals surface area (Å²) in [7, 11) is 0. The second-order valence-electron chi connectivity index (χ2n) is 11.7. The van der Waals surface area contributed by atoms with E-state index in [1.165, 1.54) is 12.2 Å². The molecule has 218 valence electrons. The Labute approximate surface area is 250 Å². The first-order valence-corrected chi connectivity index (χ1v) is 16.1. The molecule has 4 aliphatic rings. The number of piperidine rings is 1. The summed E-state index contributed by atoms with van der Waals surface area (Å²) in [5.74, 6) is 0.102. The number of ketones is 1. The highest BCUT2D eigenvalue weighted by molar-refractivity contribution is 7.99. The summed E-state index contributed by atoms with van der Waals surface area (Å²) in [6, 6.07) is 11.5. The highest BCUT2D eigenvalue weighted by Gasteiger charge is 2.48. The zero-order chi connectivity index (χ0) is 29.2. The van der Waals surface area contributed by atoms with Gasteiger partial charge in [0.2, 0.25) is 5.91 Å². The molecule has 1 saturated carbocycles. The van der Waals surface area contributed by atoms with E-state index in [-0.39, 0.29) is 35.6 Å². The number of pyridine rings is 1. The predicted molar refractivity (Wildman–Crippen MR) is 163 cm³/mol. The van der Waals surface area contributed by atoms with Crippen LogP contribution in [0.3, 0.4) is 0 Å². The van der Waals surface area contributed by atoms with E-state index >= 15 is 0 Å². The molecule has 3 heterocycles. The number of hydrogen-bond donors (Lipinski definition) is 1. The molecule has 3 fully saturated rings. The number of hydrogen-bond acceptors (Lipinski definition) is 5. The van der Waals surface area contributed by atoms with Gasteiger partial charge in [-0.1, -0.05) is 18.2 Å². The Morgan fingerprint density at radius 3 is 2.43 bits per heavy atom. The monoisotopic (exact) mass is 585 g/mol. The third-order valence-corrected chi connectivity index (χ3v) is 10.1. The number of carbonyl (C=O) groups is 3. The number of aryl methyl sites for hydroxylation is 1. The van der Waals surface area contributed by atoms with Gasteiger partial charge >= 0.3 is 0 Å². The van der Waals surface area contributed by atoms with E-state index in [9.17, 15) is 18.8 Å². The molecule has 42 heavy (non-hydrogen) atoms. The number of carbonyl (C=O) groups excluding carboxylic acids is 3. The third kappa shape index (κ3) is 5.87. The van der Waals surface area contributed by atoms with Crippen LogP contribution in [0.1, 0.15) is 61.0 Å². The summed E-state index contributed by atoms with van der Waals surface area (Å²) in [6.45, 7) is 1.95. The van der Waals surface area contributed by atoms with Crippen molar-refractivity contribution in [2.75, 3.05) is 11.5 Å². The molecule has 1 unspecified atom stereocenters. The molecule has 1 aromatic heterocycles. The molecule has 2 aliphatic carbocycles. The van der Waals surface area contributed by atoms with Gasteiger partial charge in [-0.15, -0.1) is 0 Å². The average Bonchev–Trinajstić information content (AvgIpc) is 3.20. The summed E-state index contributed by atoms with van der Waals surface area (Å²) in [6.07, 6.45) is 11.2. The summed E-state index contributed by atoms with van der Waals surface area (Å²) in [4.78, 5) is 46.9. The molecule has 0 spiro atoms. The molecular formula is C34H36FN3O3S. The Bertz CT molecular complexity index is 1470. The molecular weight excluding hydrogens is 549 g/mol. The number of benzene rings is 1. The number of aromatic nitrogens is 1. The summed E-state index contributed by atoms with van der Waals surface area (Å²) in [5.41, 5.74) is 4.55. The molecule has 8 heteroatoms. The lowest BCUT2D eigenvalue weighted by Gasteiger charge is -2.44. The molecule has 0 bridgehead atoms. The van der Waals surface area contributed by atoms with Gasteiger partial charge in [0, 0.05) is 35.1 Å². The number of nitrogens with zero attached hydrogens (tertiary/aromatic N) is 2. The maximum Gasteiger partial charge on any atom is 0.251 e. The van der Waals surface area contributed by atoms with Gasteiger partial charge < -0.3 is 10.2 Å². The van der Waals surface area contributed by atoms with Crippen LogP contribution in [0, 0.1) is 18.8 Å². The number of amides is 2. The lowest BCUT2D eigenvalue weighted by molar-refractivity contribution is -0.145. The van der Waals surface area contributed by atoms with Gasteiger partial charge in [-0.2, -0.15) is 11.8 Å². The first-order chi connectivity index (χ1) is 20.4. The van der Waals surface area contributed by atoms with E-state index < -0.39 is 11.7 Å². The Morgan fingerprint density at radius 2 is 1.71 bits per heavy atom. The van der Waals surface area contributed by atoms with Crippen LogP contribution in [0.15, 0.2) is 77.9 Å². The van der Waals surface area contributed by atoms with Crippen molar-refractivity contribution in [1.82, 2.24) is 15.2 Å². The van der Waals surface area contributed by atoms with Crippen LogP contribution in [-0.4, -0.2) is 51.1 Å². The number of Topliss-reactive ketones (excluding diaryl/α,β-unsaturated/α-hetero) is 1. The lowest BCUT2D eigenvalue weighted by Crippen LogP contribution is -2.54. The summed E-state index contributed by atoms with van der Waals surface area (Å²) >= 11 is 1.88. The average molecular weight is 586 g/mol. The van der Waals surface area contributed by atoms with Crippen molar-refractivity contribution in [2.24, 2.45) is 11.8 Å². The Kier molecular flexibility index (Phi) is 8.43. The van der Waals surface area contributed by atoms with Crippen LogP contribution in [0.2, 0.25) is 0 Å². The number of nitrogens with one attached hydrogen (secondary N) is 1. The Hall–Kier alpha value is -3.52. The van der Waals surface area contributed by atoms with Crippen molar-refractivity contribution in [3.63, 3.8) is 0 Å². The highest BCUT2D eigenvalue weighted by atomic mass is 32.2. The molecule has 2 amide bonds. The van der Waals surface area contributed by atoms with E-state index in [1.807, 2.05) is 66.1 Å². The van der Waals surface area contributed by atoms with Crippen molar-refractivity contribution in [3.8, 4) is 11.1 Å². The maximum absolute atomic E-state index is 14.5. The quantitative estimate of drug-likeness (QED) is 0.415. The molecule has 1 aromatic carbocycles. The van der Waals surface area contributed by atoms with Gasteiger partial charge in [0.05, 0.1) is 5.70 Å². The van der Waals surface area contributed by atoms with Gasteiger partial charge in [-0.05, 0) is 117 Å². The number of fused-ring (bicyclic) bond motifs is 1. The standard InChI is InChI=1S/C34H36FN3O3S/c1-21-19-25(13-16-36-21)22-5-7-24(8-6-22)33(40)37-27-11-9-23(10-12-27)31-32(39)29-20-26(35)3-2-4-30(29)38(34(31)41)28-14-17-42-18-15-28/h3-8,13,16,19-20,23,27-28,31H,2,9-12,14-15,17-18H2,1H3,(H,37,40). The van der Waals surface area contributed by atoms with Gasteiger partial charge in [0.1, 0.15) is 11.7 Å². The van der Waals surface area contributed by atoms with Crippen molar-refractivity contribution < 1.29 is 18.8 Å². The first-order valence-electron chi connectivity index (χ1n) is 15.0. The van der Waals surface area contributed by atoms with E-state index in [0.717, 1.165) is 41.2 Å². The minimum Gasteiger partial charge on any atom is -0.349 e. The Balaban J connectivity index is 1.12. The molecule has 1 N–H and O–H groups in total. The molecule has 0 radical (unpaired) electrons. The number of thioether (sulfide) groups is 1. The predicted octanol–water partition coefficient (Wildman–Crippen LogP) is 6.34. The van der Waals surface area contributed by atoms with E-state index in [4.69, 9.17) is 0 Å². The SMILES string of the molecule is Cc1cc(-c2ccc(C(=O)NC3CCC(C4C(=O)C5=CC(F)=CCC=C5N(C5CCSCC5)C4=O)CC3)cc2)ccn1. The normalized spacial score (nSPS) is 25.1. The van der Waals surface area contributed by atoms with Gasteiger partial charge in [0.15, 0.2) is 5.78 Å². The topological polar surface area (TPSA) is 79.4 Å². The van der Waals surface area contributed by atoms with E-state index in [2.05, 4.69) is 10.3 Å². The van der Waals surface area contributed by atoms with Crippen molar-refractivity contribution in [1.29, 1.82) is 0 Å². The maximum atomic E-state index is 14.5. The zero-order valence-electron chi connectivity index (χ0n) is 23.9. The van der Waals surface area contributed by atoms with Crippen LogP contribution in [0.5, 0.6) is 0 Å². The van der Waals surface area contributed by atoms with Crippen molar-refractivity contribution in [3.05, 3.63) is 89.2 Å². The van der Waals surface area contributed by atoms with Crippen molar-refractivity contribution in [2.45, 2.75) is 64.0 Å². The van der Waals surface area contributed by atoms with Crippen LogP contribution in [-0.2, 0) is 9.59 Å². The minimum absolute atomic E-state index is 0.0236. The largest absolute Gasteiger partial charge is 0.349 e. The number of rotatable bonds is 5. The van der Waals surface area contributed by atoms with E-state index in [1.54, 1.807) is 6.20 Å². The Morgan fingerprint density at radius 1 is 0.976 bits per heavy atom. The molecule has 6 nitrogen and oxygen atoms in total. The fourth-order valence-electron chi connectivity index (χ4n) is 6.78. The fourth-order valence-corrected chi connectivity index (χ4v) is 7.86. The summed E-state index contributed by atoms with van der Waals surface area (Å²) < 4.78 is 14.5. The van der Waals surface area contributed by atoms with Gasteiger partial charge in [-0.3, -0.25) is 19.4 Å². The smallest absolute Gasteiger partial charge is 0.251 e. The van der Waals surface area contributed by atoms with Crippen LogP contribution in [0.25, 0.3) is 11.1 Å². The van der Waals surface area contributed by atoms with Crippen LogP contribution < -0.4 is 5.32 Å². The van der Waals surface area contributed by atoms with E-state index in [0.29, 0.717) is 48.9 Å². The second kappa shape index (κ2) is 12.4. The highest BCUT2D eigenvalue weighted by Crippen LogP contribution is 2.42. The van der Waals surface area contributed by atoms with Crippen LogP contribution >= 0.6 is 11.8 Å². The molecule has 6 rings (SSSR count). The zero-order valence-corrected chi connectivity index (χ0v) is 24.7. The van der Waals surface area contributed by atoms with Crippen LogP contribution in [0.4, 0.5) is 4.39 Å². The molecule has 2 aromatic rings. The number of halogens is 1. The second-order valence-corrected chi connectivity index (χ2v) is 12.9. The molecule has 2 aliphatic heterocycles. The molecule has 1 atom stereocenters. The van der Waals surface area contributed by atoms with Gasteiger partial charge in [-0.25, -0.2) is 4.39 Å². The molecule has 2 saturated heterocycles. The summed E-state index contributed by atoms with van der Waals surface area (Å²) in [5, 5.41) is 3.16. The van der Waals surface area contributed by atoms with Crippen molar-refractivity contribution >= 4 is 29.4 Å². The number of allylic oxidation sites excluding steroid dienone is 5. The number of likely N-dealkylation sites (tertiary alicyclic amines) is 1. The third-order valence-electron chi connectivity index (χ3n) is 9.00. The first kappa shape index (κ1) is 28.6. The van der Waals surface area contributed by atoms with Gasteiger partial charge in [0.25, 0.3) is 5.91 Å². The lowest BCUT2D eigenvalue weighted by atomic mass is 9.72. The minimum atomic E-state index is -0.796. The fraction of sp³-hybridized carbons (Fsp3) is 0.412.